The number of benzene rings is 1. The number of amides is 2. The van der Waals surface area contributed by atoms with Crippen LogP contribution in [0.5, 0.6) is 0 Å². The second-order valence-corrected chi connectivity index (χ2v) is 11.0. The molecule has 1 aromatic carbocycles. The summed E-state index contributed by atoms with van der Waals surface area (Å²) < 4.78 is 5.37. The van der Waals surface area contributed by atoms with E-state index in [4.69, 9.17) is 4.74 Å². The van der Waals surface area contributed by atoms with E-state index in [2.05, 4.69) is 44.9 Å². The number of hydrogen-bond donors (Lipinski definition) is 3. The Hall–Kier alpha value is -2.38. The molecule has 2 amide bonds. The number of hydrogen-bond acceptors (Lipinski definition) is 4. The van der Waals surface area contributed by atoms with Gasteiger partial charge in [0, 0.05) is 61.9 Å². The van der Waals surface area contributed by atoms with Crippen LogP contribution in [0.1, 0.15) is 75.8 Å². The highest BCUT2D eigenvalue weighted by Gasteiger charge is 2.42. The second kappa shape index (κ2) is 11.8. The van der Waals surface area contributed by atoms with Crippen molar-refractivity contribution in [2.45, 2.75) is 82.3 Å². The van der Waals surface area contributed by atoms with Gasteiger partial charge in [-0.05, 0) is 56.6 Å². The molecule has 0 radical (unpaired) electrons. The van der Waals surface area contributed by atoms with Crippen LogP contribution in [0.4, 0.5) is 0 Å². The van der Waals surface area contributed by atoms with Gasteiger partial charge in [-0.15, -0.1) is 0 Å². The summed E-state index contributed by atoms with van der Waals surface area (Å²) in [6.45, 7) is 2.10. The molecule has 0 bridgehead atoms. The minimum absolute atomic E-state index is 0.0169. The zero-order chi connectivity index (χ0) is 24.9. The van der Waals surface area contributed by atoms with Crippen molar-refractivity contribution in [2.24, 2.45) is 11.8 Å². The van der Waals surface area contributed by atoms with E-state index in [0.29, 0.717) is 25.6 Å². The fourth-order valence-corrected chi connectivity index (χ4v) is 6.31. The summed E-state index contributed by atoms with van der Waals surface area (Å²) in [6.07, 6.45) is 12.3. The van der Waals surface area contributed by atoms with E-state index in [9.17, 15) is 9.59 Å². The fourth-order valence-electron chi connectivity index (χ4n) is 6.31. The molecule has 2 saturated carbocycles. The number of carbonyl (C=O) groups is 2. The molecule has 1 aromatic heterocycles. The molecule has 3 aliphatic rings. The van der Waals surface area contributed by atoms with Crippen LogP contribution in [0.2, 0.25) is 0 Å². The predicted molar refractivity (Wildman–Crippen MR) is 142 cm³/mol. The van der Waals surface area contributed by atoms with E-state index in [1.165, 1.54) is 17.4 Å². The molecular weight excluding hydrogens is 452 g/mol. The van der Waals surface area contributed by atoms with Gasteiger partial charge in [0.25, 0.3) is 0 Å². The Kier molecular flexibility index (Phi) is 8.27. The average Bonchev–Trinajstić information content (AvgIpc) is 3.66. The van der Waals surface area contributed by atoms with Crippen molar-refractivity contribution in [1.29, 1.82) is 0 Å². The van der Waals surface area contributed by atoms with Gasteiger partial charge < -0.3 is 25.3 Å². The number of methoxy groups -OCH3 is 1. The third-order valence-corrected chi connectivity index (χ3v) is 8.36. The Bertz CT molecular complexity index is 1030. The zero-order valence-electron chi connectivity index (χ0n) is 21.6. The summed E-state index contributed by atoms with van der Waals surface area (Å²) in [7, 11) is 1.74. The SMILES string of the molecule is COCCCC(c1c[nH]c2ccccc12)N(C(=O)[C@@H]1CNC[C@@H](NC(=O)C2CCCCC2)C1)C1CC1. The van der Waals surface area contributed by atoms with Crippen LogP contribution in [-0.4, -0.2) is 60.6 Å². The van der Waals surface area contributed by atoms with Crippen LogP contribution in [0.15, 0.2) is 30.5 Å². The Morgan fingerprint density at radius 2 is 1.89 bits per heavy atom. The first-order valence-electron chi connectivity index (χ1n) is 14.0. The van der Waals surface area contributed by atoms with Gasteiger partial charge in [-0.25, -0.2) is 0 Å². The number of rotatable bonds is 10. The topological polar surface area (TPSA) is 86.5 Å². The van der Waals surface area contributed by atoms with Crippen LogP contribution in [0, 0.1) is 11.8 Å². The normalized spacial score (nSPS) is 23.9. The van der Waals surface area contributed by atoms with Gasteiger partial charge in [0.05, 0.1) is 12.0 Å². The number of ether oxygens (including phenoxy) is 1. The molecule has 0 spiro atoms. The number of H-pyrrole nitrogens is 1. The van der Waals surface area contributed by atoms with E-state index < -0.39 is 0 Å². The number of para-hydroxylation sites is 1. The standard InChI is InChI=1S/C29H42N4O3/c1-36-15-7-12-27(25-19-31-26-11-6-5-10-24(25)26)33(23-13-14-23)29(35)21-16-22(18-30-17-21)32-28(34)20-8-3-2-4-9-20/h5-6,10-11,19-23,27,30-31H,2-4,7-9,12-18H2,1H3,(H,32,34)/t21-,22-,27?/m0/s1. The number of aromatic amines is 1. The summed E-state index contributed by atoms with van der Waals surface area (Å²) in [4.78, 5) is 32.7. The van der Waals surface area contributed by atoms with Crippen molar-refractivity contribution in [2.75, 3.05) is 26.8 Å². The lowest BCUT2D eigenvalue weighted by Gasteiger charge is -2.38. The molecule has 1 saturated heterocycles. The zero-order valence-corrected chi connectivity index (χ0v) is 21.6. The van der Waals surface area contributed by atoms with Crippen molar-refractivity contribution in [3.63, 3.8) is 0 Å². The largest absolute Gasteiger partial charge is 0.385 e. The fraction of sp³-hybridized carbons (Fsp3) is 0.655. The smallest absolute Gasteiger partial charge is 0.227 e. The van der Waals surface area contributed by atoms with Gasteiger partial charge in [-0.2, -0.15) is 0 Å². The van der Waals surface area contributed by atoms with Crippen LogP contribution in [0.25, 0.3) is 10.9 Å². The van der Waals surface area contributed by atoms with Gasteiger partial charge in [-0.1, -0.05) is 37.5 Å². The molecule has 3 N–H and O–H groups in total. The predicted octanol–water partition coefficient (Wildman–Crippen LogP) is 4.30. The maximum atomic E-state index is 14.1. The molecule has 3 fully saturated rings. The summed E-state index contributed by atoms with van der Waals surface area (Å²) in [5.74, 6) is 0.440. The number of carbonyl (C=O) groups excluding carboxylic acids is 2. The molecule has 196 valence electrons. The molecule has 3 atom stereocenters. The maximum absolute atomic E-state index is 14.1. The molecule has 5 rings (SSSR count). The summed E-state index contributed by atoms with van der Waals surface area (Å²) in [5, 5.41) is 7.93. The van der Waals surface area contributed by atoms with Crippen LogP contribution in [-0.2, 0) is 14.3 Å². The number of aromatic nitrogens is 1. The maximum Gasteiger partial charge on any atom is 0.227 e. The van der Waals surface area contributed by atoms with Crippen LogP contribution in [0.3, 0.4) is 0 Å². The number of fused-ring (bicyclic) bond motifs is 1. The van der Waals surface area contributed by atoms with Crippen molar-refractivity contribution in [3.05, 3.63) is 36.0 Å². The van der Waals surface area contributed by atoms with E-state index in [-0.39, 0.29) is 35.7 Å². The third-order valence-electron chi connectivity index (χ3n) is 8.36. The van der Waals surface area contributed by atoms with Gasteiger partial charge in [0.2, 0.25) is 11.8 Å². The summed E-state index contributed by atoms with van der Waals surface area (Å²) in [5.41, 5.74) is 2.31. The highest BCUT2D eigenvalue weighted by Crippen LogP contribution is 2.40. The third kappa shape index (κ3) is 5.78. The first-order valence-corrected chi connectivity index (χ1v) is 14.0. The Morgan fingerprint density at radius 3 is 2.67 bits per heavy atom. The van der Waals surface area contributed by atoms with E-state index in [1.54, 1.807) is 7.11 Å². The lowest BCUT2D eigenvalue weighted by molar-refractivity contribution is -0.140. The van der Waals surface area contributed by atoms with Crippen LogP contribution >= 0.6 is 0 Å². The monoisotopic (exact) mass is 494 g/mol. The van der Waals surface area contributed by atoms with Gasteiger partial charge >= 0.3 is 0 Å². The Balaban J connectivity index is 1.32. The number of nitrogens with zero attached hydrogens (tertiary/aromatic N) is 1. The minimum atomic E-state index is -0.119. The van der Waals surface area contributed by atoms with Gasteiger partial charge in [0.15, 0.2) is 0 Å². The molecule has 2 heterocycles. The molecule has 1 aliphatic heterocycles. The first-order chi connectivity index (χ1) is 17.7. The van der Waals surface area contributed by atoms with Crippen molar-refractivity contribution in [1.82, 2.24) is 20.5 Å². The lowest BCUT2D eigenvalue weighted by atomic mass is 9.87. The van der Waals surface area contributed by atoms with Gasteiger partial charge in [0.1, 0.15) is 0 Å². The van der Waals surface area contributed by atoms with E-state index in [1.807, 2.05) is 6.07 Å². The highest BCUT2D eigenvalue weighted by atomic mass is 16.5. The van der Waals surface area contributed by atoms with Crippen molar-refractivity contribution in [3.8, 4) is 0 Å². The summed E-state index contributed by atoms with van der Waals surface area (Å²) >= 11 is 0. The number of piperidine rings is 1. The molecule has 2 aromatic rings. The lowest BCUT2D eigenvalue weighted by Crippen LogP contribution is -2.54. The quantitative estimate of drug-likeness (QED) is 0.430. The first kappa shape index (κ1) is 25.3. The second-order valence-electron chi connectivity index (χ2n) is 11.0. The summed E-state index contributed by atoms with van der Waals surface area (Å²) in [6, 6.07) is 8.70. The minimum Gasteiger partial charge on any atom is -0.385 e. The van der Waals surface area contributed by atoms with E-state index in [0.717, 1.165) is 63.4 Å². The number of nitrogens with one attached hydrogen (secondary N) is 3. The molecule has 7 heteroatoms. The van der Waals surface area contributed by atoms with Gasteiger partial charge in [-0.3, -0.25) is 9.59 Å². The Labute approximate surface area is 214 Å². The van der Waals surface area contributed by atoms with Crippen LogP contribution < -0.4 is 10.6 Å². The molecule has 36 heavy (non-hydrogen) atoms. The highest BCUT2D eigenvalue weighted by molar-refractivity contribution is 5.86. The van der Waals surface area contributed by atoms with E-state index >= 15 is 0 Å². The molecule has 2 aliphatic carbocycles. The Morgan fingerprint density at radius 1 is 1.08 bits per heavy atom. The van der Waals surface area contributed by atoms with Crippen molar-refractivity contribution >= 4 is 22.7 Å². The molecule has 1 unspecified atom stereocenters. The average molecular weight is 495 g/mol. The van der Waals surface area contributed by atoms with Crippen molar-refractivity contribution < 1.29 is 14.3 Å². The molecular formula is C29H42N4O3. The molecule has 7 nitrogen and oxygen atoms in total.